The van der Waals surface area contributed by atoms with E-state index in [1.54, 1.807) is 6.92 Å². The first-order valence-electron chi connectivity index (χ1n) is 1.47. The Morgan fingerprint density at radius 2 is 1.33 bits per heavy atom. The van der Waals surface area contributed by atoms with Crippen LogP contribution in [0.2, 0.25) is 0 Å². The normalized spacial score (nSPS) is 4.00. The molecule has 0 saturated carbocycles. The maximum absolute atomic E-state index is 7.57. The third-order valence-electron chi connectivity index (χ3n) is 0. The van der Waals surface area contributed by atoms with E-state index < -0.39 is 0 Å². The molecule has 0 atom stereocenters. The topological polar surface area (TPSA) is 40.5 Å². The summed E-state index contributed by atoms with van der Waals surface area (Å²) in [7, 11) is 1.00. The van der Waals surface area contributed by atoms with Crippen molar-refractivity contribution in [2.75, 3.05) is 13.7 Å². The minimum Gasteiger partial charge on any atom is -0.400 e. The predicted octanol–water partition coefficient (Wildman–Crippen LogP) is -0.395. The molecule has 0 bridgehead atoms. The Kier molecular flexibility index (Phi) is 128. The number of hydrogen-bond acceptors (Lipinski definition) is 2. The van der Waals surface area contributed by atoms with E-state index in [0.717, 1.165) is 7.11 Å². The quantitative estimate of drug-likeness (QED) is 0.497. The summed E-state index contributed by atoms with van der Waals surface area (Å²) < 4.78 is 0. The van der Waals surface area contributed by atoms with Gasteiger partial charge in [-0.15, -0.1) is 0 Å². The molecule has 0 unspecified atom stereocenters. The number of aliphatic hydroxyl groups excluding tert-OH is 2. The Labute approximate surface area is 50.9 Å². The summed E-state index contributed by atoms with van der Waals surface area (Å²) in [5, 5.41) is 14.6. The van der Waals surface area contributed by atoms with E-state index in [4.69, 9.17) is 10.2 Å². The summed E-state index contributed by atoms with van der Waals surface area (Å²) in [5.74, 6) is 0. The van der Waals surface area contributed by atoms with Crippen LogP contribution < -0.4 is 0 Å². The van der Waals surface area contributed by atoms with Gasteiger partial charge < -0.3 is 10.2 Å². The van der Waals surface area contributed by atoms with Crippen molar-refractivity contribution >= 4 is 0 Å². The molecule has 0 saturated heterocycles. The largest absolute Gasteiger partial charge is 0.400 e. The Bertz CT molecular complexity index is 8.75. The van der Waals surface area contributed by atoms with E-state index in [-0.39, 0.29) is 26.1 Å². The minimum atomic E-state index is 0. The number of hydrogen-bond donors (Lipinski definition) is 2. The first-order valence-corrected chi connectivity index (χ1v) is 1.47. The van der Waals surface area contributed by atoms with Gasteiger partial charge in [-0.3, -0.25) is 0 Å². The van der Waals surface area contributed by atoms with Crippen LogP contribution in [0.5, 0.6) is 0 Å². The van der Waals surface area contributed by atoms with E-state index in [1.165, 1.54) is 0 Å². The van der Waals surface area contributed by atoms with Crippen LogP contribution in [0.15, 0.2) is 0 Å². The van der Waals surface area contributed by atoms with Crippen LogP contribution >= 0.6 is 0 Å². The minimum absolute atomic E-state index is 0. The molecule has 2 N–H and O–H groups in total. The molecule has 0 heterocycles. The SMILES string of the molecule is CCO.CO.[Ru]. The van der Waals surface area contributed by atoms with Crippen molar-refractivity contribution in [3.8, 4) is 0 Å². The molecule has 6 heavy (non-hydrogen) atoms. The second-order valence-electron chi connectivity index (χ2n) is 0.316. The second-order valence-corrected chi connectivity index (χ2v) is 0.316. The molecule has 42 valence electrons. The van der Waals surface area contributed by atoms with E-state index in [9.17, 15) is 0 Å². The molecular formula is C3H10O2Ru. The van der Waals surface area contributed by atoms with Gasteiger partial charge in [0.15, 0.2) is 0 Å². The zero-order valence-corrected chi connectivity index (χ0v) is 5.69. The van der Waals surface area contributed by atoms with Crippen molar-refractivity contribution in [1.82, 2.24) is 0 Å². The van der Waals surface area contributed by atoms with Crippen molar-refractivity contribution in [3.63, 3.8) is 0 Å². The zero-order valence-electron chi connectivity index (χ0n) is 3.96. The average Bonchev–Trinajstić information content (AvgIpc) is 1.46. The summed E-state index contributed by atoms with van der Waals surface area (Å²) in [6.07, 6.45) is 0. The smallest absolute Gasteiger partial charge is 0.0402 e. The fraction of sp³-hybridized carbons (Fsp3) is 1.00. The molecular weight excluding hydrogens is 169 g/mol. The molecule has 0 radical (unpaired) electrons. The summed E-state index contributed by atoms with van der Waals surface area (Å²) >= 11 is 0. The standard InChI is InChI=1S/C2H6O.CH4O.Ru/c1-2-3;1-2;/h3H,2H2,1H3;2H,1H3;. The molecule has 0 amide bonds. The van der Waals surface area contributed by atoms with Crippen LogP contribution in [0.3, 0.4) is 0 Å². The molecule has 0 aromatic carbocycles. The van der Waals surface area contributed by atoms with E-state index in [1.807, 2.05) is 0 Å². The van der Waals surface area contributed by atoms with Gasteiger partial charge in [0.2, 0.25) is 0 Å². The van der Waals surface area contributed by atoms with Crippen LogP contribution in [-0.2, 0) is 19.5 Å². The maximum atomic E-state index is 7.57. The number of aliphatic hydroxyl groups is 2. The maximum Gasteiger partial charge on any atom is 0.0402 e. The van der Waals surface area contributed by atoms with E-state index in [0.29, 0.717) is 0 Å². The Balaban J connectivity index is -0.0000000275. The molecule has 0 aliphatic rings. The van der Waals surface area contributed by atoms with Crippen molar-refractivity contribution in [1.29, 1.82) is 0 Å². The van der Waals surface area contributed by atoms with Crippen molar-refractivity contribution in [2.24, 2.45) is 0 Å². The van der Waals surface area contributed by atoms with Crippen LogP contribution in [0.4, 0.5) is 0 Å². The fourth-order valence-electron chi connectivity index (χ4n) is 0. The Hall–Kier alpha value is 0.543. The van der Waals surface area contributed by atoms with Crippen LogP contribution in [-0.4, -0.2) is 23.9 Å². The Morgan fingerprint density at radius 3 is 1.33 bits per heavy atom. The predicted molar refractivity (Wildman–Crippen MR) is 20.9 cm³/mol. The first-order chi connectivity index (χ1) is 2.41. The summed E-state index contributed by atoms with van der Waals surface area (Å²) in [4.78, 5) is 0. The zero-order chi connectivity index (χ0) is 4.71. The number of rotatable bonds is 0. The molecule has 0 spiro atoms. The van der Waals surface area contributed by atoms with E-state index >= 15 is 0 Å². The van der Waals surface area contributed by atoms with Gasteiger partial charge in [-0.2, -0.15) is 0 Å². The van der Waals surface area contributed by atoms with Crippen molar-refractivity contribution in [3.05, 3.63) is 0 Å². The first kappa shape index (κ1) is 16.0. The van der Waals surface area contributed by atoms with Crippen LogP contribution in [0, 0.1) is 0 Å². The molecule has 0 aromatic rings. The third kappa shape index (κ3) is 193. The molecule has 0 aliphatic heterocycles. The third-order valence-corrected chi connectivity index (χ3v) is 0. The van der Waals surface area contributed by atoms with Gasteiger partial charge in [0.1, 0.15) is 0 Å². The molecule has 0 aliphatic carbocycles. The molecule has 2 nitrogen and oxygen atoms in total. The van der Waals surface area contributed by atoms with Gasteiger partial charge in [0, 0.05) is 33.2 Å². The Morgan fingerprint density at radius 1 is 1.33 bits per heavy atom. The molecule has 0 fully saturated rings. The van der Waals surface area contributed by atoms with Crippen molar-refractivity contribution in [2.45, 2.75) is 6.92 Å². The molecule has 3 heteroatoms. The van der Waals surface area contributed by atoms with Gasteiger partial charge >= 0.3 is 0 Å². The van der Waals surface area contributed by atoms with Crippen molar-refractivity contribution < 1.29 is 29.7 Å². The van der Waals surface area contributed by atoms with E-state index in [2.05, 4.69) is 0 Å². The van der Waals surface area contributed by atoms with Gasteiger partial charge in [-0.1, -0.05) is 0 Å². The van der Waals surface area contributed by atoms with Crippen LogP contribution in [0.1, 0.15) is 6.92 Å². The molecule has 0 aromatic heterocycles. The summed E-state index contributed by atoms with van der Waals surface area (Å²) in [6.45, 7) is 1.93. The monoisotopic (exact) mass is 180 g/mol. The second kappa shape index (κ2) is 48.0. The van der Waals surface area contributed by atoms with Gasteiger partial charge in [0.05, 0.1) is 0 Å². The molecule has 0 rings (SSSR count). The van der Waals surface area contributed by atoms with Gasteiger partial charge in [-0.05, 0) is 6.92 Å². The van der Waals surface area contributed by atoms with Crippen LogP contribution in [0.25, 0.3) is 0 Å². The van der Waals surface area contributed by atoms with Gasteiger partial charge in [0.25, 0.3) is 0 Å². The fourth-order valence-corrected chi connectivity index (χ4v) is 0. The summed E-state index contributed by atoms with van der Waals surface area (Å²) in [6, 6.07) is 0. The van der Waals surface area contributed by atoms with Gasteiger partial charge in [-0.25, -0.2) is 0 Å². The average molecular weight is 179 g/mol. The summed E-state index contributed by atoms with van der Waals surface area (Å²) in [5.41, 5.74) is 0.